The summed E-state index contributed by atoms with van der Waals surface area (Å²) in [5.74, 6) is 2.44. The predicted molar refractivity (Wildman–Crippen MR) is 55.8 cm³/mol. The highest BCUT2D eigenvalue weighted by molar-refractivity contribution is 4.83. The number of nitriles is 2. The number of hydrogen-bond acceptors (Lipinski definition) is 5. The molecule has 5 nitrogen and oxygen atoms in total. The maximum atomic E-state index is 8.30. The van der Waals surface area contributed by atoms with Crippen molar-refractivity contribution in [3.8, 4) is 24.7 Å². The van der Waals surface area contributed by atoms with Crippen LogP contribution in [-0.2, 0) is 14.2 Å². The number of terminal acetylenes is 1. The van der Waals surface area contributed by atoms with Crippen LogP contribution in [0.5, 0.6) is 0 Å². The van der Waals surface area contributed by atoms with Gasteiger partial charge in [0.05, 0.1) is 32.3 Å². The maximum Gasteiger partial charge on any atom is 0.286 e. The van der Waals surface area contributed by atoms with Crippen molar-refractivity contribution in [2.75, 3.05) is 26.4 Å². The van der Waals surface area contributed by atoms with Crippen LogP contribution in [0.1, 0.15) is 12.8 Å². The molecule has 0 aromatic rings. The molecule has 5 heteroatoms. The van der Waals surface area contributed by atoms with Gasteiger partial charge >= 0.3 is 0 Å². The second kappa shape index (κ2) is 11.3. The van der Waals surface area contributed by atoms with Crippen molar-refractivity contribution in [3.05, 3.63) is 0 Å². The third kappa shape index (κ3) is 8.84. The van der Waals surface area contributed by atoms with Gasteiger partial charge in [0.1, 0.15) is 12.7 Å². The van der Waals surface area contributed by atoms with Gasteiger partial charge in [-0.1, -0.05) is 0 Å². The van der Waals surface area contributed by atoms with E-state index in [0.717, 1.165) is 0 Å². The van der Waals surface area contributed by atoms with Crippen molar-refractivity contribution in [2.45, 2.75) is 18.9 Å². The Morgan fingerprint density at radius 3 is 2.56 bits per heavy atom. The molecule has 0 aromatic carbocycles. The minimum Gasteiger partial charge on any atom is -0.425 e. The highest BCUT2D eigenvalue weighted by Crippen LogP contribution is 1.97. The van der Waals surface area contributed by atoms with Gasteiger partial charge in [-0.3, -0.25) is 0 Å². The Morgan fingerprint density at radius 1 is 1.12 bits per heavy atom. The standard InChI is InChI=1S/C11H14N2O3/c1-2-3-7-16-11(9-15-10-13)8-14-6-4-5-12/h1,11H,3-4,6-9H2. The molecule has 0 N–H and O–H groups in total. The van der Waals surface area contributed by atoms with Crippen LogP contribution in [-0.4, -0.2) is 32.5 Å². The van der Waals surface area contributed by atoms with Gasteiger partial charge in [-0.05, 0) is 0 Å². The SMILES string of the molecule is C#CCCOC(COC#N)COCCC#N. The fraction of sp³-hybridized carbons (Fsp3) is 0.636. The molecule has 0 rings (SSSR count). The summed E-state index contributed by atoms with van der Waals surface area (Å²) in [6.45, 7) is 1.16. The minimum absolute atomic E-state index is 0.133. The van der Waals surface area contributed by atoms with Crippen molar-refractivity contribution < 1.29 is 14.2 Å². The lowest BCUT2D eigenvalue weighted by Gasteiger charge is -2.15. The van der Waals surface area contributed by atoms with E-state index in [0.29, 0.717) is 26.1 Å². The predicted octanol–water partition coefficient (Wildman–Crippen LogP) is 0.823. The summed E-state index contributed by atoms with van der Waals surface area (Å²) >= 11 is 0. The van der Waals surface area contributed by atoms with E-state index in [9.17, 15) is 0 Å². The average Bonchev–Trinajstić information content (AvgIpc) is 2.31. The lowest BCUT2D eigenvalue weighted by Crippen LogP contribution is -2.25. The Bertz CT molecular complexity index is 285. The molecule has 0 aliphatic carbocycles. The summed E-state index contributed by atoms with van der Waals surface area (Å²) in [5, 5.41) is 16.5. The van der Waals surface area contributed by atoms with Gasteiger partial charge in [-0.25, -0.2) is 0 Å². The lowest BCUT2D eigenvalue weighted by atomic mass is 10.4. The highest BCUT2D eigenvalue weighted by Gasteiger charge is 2.09. The van der Waals surface area contributed by atoms with Gasteiger partial charge in [0.15, 0.2) is 0 Å². The number of rotatable bonds is 9. The third-order valence-electron chi connectivity index (χ3n) is 1.60. The monoisotopic (exact) mass is 222 g/mol. The van der Waals surface area contributed by atoms with Crippen LogP contribution in [0.2, 0.25) is 0 Å². The van der Waals surface area contributed by atoms with Crippen LogP contribution in [0, 0.1) is 35.2 Å². The quantitative estimate of drug-likeness (QED) is 0.328. The summed E-state index contributed by atoms with van der Waals surface area (Å²) in [5.41, 5.74) is 0. The molecule has 1 unspecified atom stereocenters. The molecular formula is C11H14N2O3. The Balaban J connectivity index is 3.69. The van der Waals surface area contributed by atoms with Crippen LogP contribution in [0.4, 0.5) is 0 Å². The molecule has 0 aliphatic heterocycles. The Kier molecular flexibility index (Phi) is 10.1. The molecule has 0 bridgehead atoms. The molecule has 0 aliphatic rings. The van der Waals surface area contributed by atoms with E-state index < -0.39 is 0 Å². The van der Waals surface area contributed by atoms with Crippen molar-refractivity contribution in [2.24, 2.45) is 0 Å². The zero-order valence-electron chi connectivity index (χ0n) is 9.02. The zero-order valence-corrected chi connectivity index (χ0v) is 9.02. The summed E-state index contributed by atoms with van der Waals surface area (Å²) in [6.07, 6.45) is 7.14. The van der Waals surface area contributed by atoms with Gasteiger partial charge < -0.3 is 14.2 Å². The molecule has 86 valence electrons. The van der Waals surface area contributed by atoms with Gasteiger partial charge in [0.2, 0.25) is 0 Å². The van der Waals surface area contributed by atoms with Gasteiger partial charge in [-0.2, -0.15) is 10.5 Å². The first kappa shape index (κ1) is 14.3. The number of hydrogen-bond donors (Lipinski definition) is 0. The smallest absolute Gasteiger partial charge is 0.286 e. The number of ether oxygens (including phenoxy) is 3. The normalized spacial score (nSPS) is 10.8. The van der Waals surface area contributed by atoms with E-state index in [2.05, 4.69) is 10.7 Å². The third-order valence-corrected chi connectivity index (χ3v) is 1.60. The van der Waals surface area contributed by atoms with E-state index in [4.69, 9.17) is 26.4 Å². The van der Waals surface area contributed by atoms with Crippen LogP contribution in [0.3, 0.4) is 0 Å². The summed E-state index contributed by atoms with van der Waals surface area (Å²) in [4.78, 5) is 0. The van der Waals surface area contributed by atoms with Crippen LogP contribution in [0.25, 0.3) is 0 Å². The van der Waals surface area contributed by atoms with E-state index in [1.807, 2.05) is 6.07 Å². The first-order valence-corrected chi connectivity index (χ1v) is 4.85. The second-order valence-electron chi connectivity index (χ2n) is 2.83. The van der Waals surface area contributed by atoms with E-state index in [-0.39, 0.29) is 19.3 Å². The molecule has 0 radical (unpaired) electrons. The summed E-state index contributed by atoms with van der Waals surface area (Å²) < 4.78 is 15.1. The molecule has 0 saturated heterocycles. The van der Waals surface area contributed by atoms with Crippen LogP contribution in [0.15, 0.2) is 0 Å². The molecule has 0 heterocycles. The van der Waals surface area contributed by atoms with E-state index in [1.165, 1.54) is 0 Å². The molecule has 0 fully saturated rings. The molecule has 16 heavy (non-hydrogen) atoms. The van der Waals surface area contributed by atoms with Crippen molar-refractivity contribution in [1.82, 2.24) is 0 Å². The fourth-order valence-electron chi connectivity index (χ4n) is 0.892. The summed E-state index contributed by atoms with van der Waals surface area (Å²) in [6, 6.07) is 1.96. The highest BCUT2D eigenvalue weighted by atomic mass is 16.6. The second-order valence-corrected chi connectivity index (χ2v) is 2.83. The van der Waals surface area contributed by atoms with E-state index in [1.54, 1.807) is 6.26 Å². The Morgan fingerprint density at radius 2 is 1.94 bits per heavy atom. The molecular weight excluding hydrogens is 208 g/mol. The maximum absolute atomic E-state index is 8.30. The first-order valence-electron chi connectivity index (χ1n) is 4.85. The first-order chi connectivity index (χ1) is 7.85. The van der Waals surface area contributed by atoms with Gasteiger partial charge in [0.25, 0.3) is 6.26 Å². The fourth-order valence-corrected chi connectivity index (χ4v) is 0.892. The molecule has 0 aromatic heterocycles. The zero-order chi connectivity index (χ0) is 12.1. The van der Waals surface area contributed by atoms with Crippen molar-refractivity contribution in [1.29, 1.82) is 10.5 Å². The Labute approximate surface area is 95.5 Å². The molecule has 0 saturated carbocycles. The minimum atomic E-state index is -0.327. The van der Waals surface area contributed by atoms with Crippen molar-refractivity contribution >= 4 is 0 Å². The average molecular weight is 222 g/mol. The topological polar surface area (TPSA) is 75.3 Å². The molecule has 0 spiro atoms. The van der Waals surface area contributed by atoms with Gasteiger partial charge in [-0.15, -0.1) is 12.3 Å². The molecule has 0 amide bonds. The van der Waals surface area contributed by atoms with E-state index >= 15 is 0 Å². The number of nitrogens with zero attached hydrogens (tertiary/aromatic N) is 2. The summed E-state index contributed by atoms with van der Waals surface area (Å²) in [7, 11) is 0. The van der Waals surface area contributed by atoms with Crippen molar-refractivity contribution in [3.63, 3.8) is 0 Å². The Hall–Kier alpha value is -1.74. The molecule has 1 atom stereocenters. The van der Waals surface area contributed by atoms with Crippen LogP contribution >= 0.6 is 0 Å². The lowest BCUT2D eigenvalue weighted by molar-refractivity contribution is -0.0399. The van der Waals surface area contributed by atoms with Gasteiger partial charge in [0, 0.05) is 6.42 Å². The largest absolute Gasteiger partial charge is 0.425 e. The van der Waals surface area contributed by atoms with Crippen LogP contribution < -0.4 is 0 Å².